The zero-order chi connectivity index (χ0) is 14.8. The second-order valence-corrected chi connectivity index (χ2v) is 6.57. The number of rotatable bonds is 4. The minimum absolute atomic E-state index is 0.201. The number of likely N-dealkylation sites (tertiary alicyclic amines) is 1. The van der Waals surface area contributed by atoms with Crippen molar-refractivity contribution in [1.29, 1.82) is 0 Å². The molecule has 0 saturated carbocycles. The van der Waals surface area contributed by atoms with Crippen molar-refractivity contribution in [3.05, 3.63) is 12.3 Å². The smallest absolute Gasteiger partial charge is 0.303 e. The zero-order valence-electron chi connectivity index (χ0n) is 13.1. The number of hydrogen-bond donors (Lipinski definition) is 1. The second kappa shape index (κ2) is 6.14. The van der Waals surface area contributed by atoms with Gasteiger partial charge in [-0.1, -0.05) is 0 Å². The summed E-state index contributed by atoms with van der Waals surface area (Å²) in [6.45, 7) is 8.40. The maximum Gasteiger partial charge on any atom is 0.303 e. The molecule has 1 saturated heterocycles. The molecule has 1 N–H and O–H groups in total. The fourth-order valence-electron chi connectivity index (χ4n) is 3.24. The number of hydrazine groups is 1. The molecule has 2 heterocycles. The van der Waals surface area contributed by atoms with Crippen molar-refractivity contribution in [2.75, 3.05) is 26.7 Å². The van der Waals surface area contributed by atoms with Gasteiger partial charge in [0.1, 0.15) is 5.60 Å². The predicted molar refractivity (Wildman–Crippen MR) is 78.8 cm³/mol. The zero-order valence-corrected chi connectivity index (χ0v) is 13.1. The van der Waals surface area contributed by atoms with Crippen LogP contribution in [0.3, 0.4) is 0 Å². The van der Waals surface area contributed by atoms with Crippen LogP contribution in [-0.4, -0.2) is 54.2 Å². The van der Waals surface area contributed by atoms with Gasteiger partial charge in [-0.15, -0.1) is 0 Å². The van der Waals surface area contributed by atoms with Gasteiger partial charge in [0.2, 0.25) is 0 Å². The molecule has 2 aliphatic rings. The van der Waals surface area contributed by atoms with E-state index in [1.807, 2.05) is 25.9 Å². The lowest BCUT2D eigenvalue weighted by atomic mass is 9.89. The molecule has 0 radical (unpaired) electrons. The topological polar surface area (TPSA) is 44.8 Å². The number of hydrogen-bond acceptors (Lipinski definition) is 5. The maximum absolute atomic E-state index is 11.1. The molecule has 0 spiro atoms. The van der Waals surface area contributed by atoms with Gasteiger partial charge in [-0.3, -0.25) is 9.69 Å². The Morgan fingerprint density at radius 1 is 1.40 bits per heavy atom. The molecule has 1 fully saturated rings. The molecule has 0 bridgehead atoms. The highest BCUT2D eigenvalue weighted by atomic mass is 16.6. The van der Waals surface area contributed by atoms with E-state index in [1.165, 1.54) is 19.8 Å². The fraction of sp³-hybridized carbons (Fsp3) is 0.800. The van der Waals surface area contributed by atoms with Gasteiger partial charge in [-0.25, -0.2) is 5.43 Å². The molecule has 5 nitrogen and oxygen atoms in total. The first kappa shape index (κ1) is 15.3. The molecule has 2 aliphatic heterocycles. The van der Waals surface area contributed by atoms with Crippen LogP contribution in [-0.2, 0) is 9.53 Å². The first-order valence-electron chi connectivity index (χ1n) is 7.45. The Labute approximate surface area is 121 Å². The Morgan fingerprint density at radius 2 is 2.05 bits per heavy atom. The van der Waals surface area contributed by atoms with E-state index in [0.717, 1.165) is 19.6 Å². The lowest BCUT2D eigenvalue weighted by Gasteiger charge is -2.38. The van der Waals surface area contributed by atoms with E-state index >= 15 is 0 Å². The first-order chi connectivity index (χ1) is 9.35. The number of esters is 1. The molecule has 0 aliphatic carbocycles. The highest BCUT2D eigenvalue weighted by molar-refractivity contribution is 5.66. The number of nitrogens with one attached hydrogen (secondary N) is 1. The van der Waals surface area contributed by atoms with Crippen molar-refractivity contribution in [2.24, 2.45) is 5.92 Å². The third kappa shape index (κ3) is 4.21. The third-order valence-corrected chi connectivity index (χ3v) is 4.03. The van der Waals surface area contributed by atoms with Crippen molar-refractivity contribution in [3.8, 4) is 0 Å². The lowest BCUT2D eigenvalue weighted by molar-refractivity contribution is -0.155. The molecule has 0 amide bonds. The molecule has 20 heavy (non-hydrogen) atoms. The van der Waals surface area contributed by atoms with Crippen LogP contribution >= 0.6 is 0 Å². The van der Waals surface area contributed by atoms with Crippen molar-refractivity contribution in [1.82, 2.24) is 15.3 Å². The number of carbonyl (C=O) groups is 1. The average molecular weight is 281 g/mol. The van der Waals surface area contributed by atoms with Gasteiger partial charge in [0.15, 0.2) is 0 Å². The molecular formula is C15H27N3O2. The maximum atomic E-state index is 11.1. The van der Waals surface area contributed by atoms with E-state index in [0.29, 0.717) is 12.0 Å². The molecule has 0 aromatic heterocycles. The van der Waals surface area contributed by atoms with Crippen LogP contribution in [0.15, 0.2) is 12.3 Å². The van der Waals surface area contributed by atoms with E-state index in [1.54, 1.807) is 0 Å². The minimum Gasteiger partial charge on any atom is -0.458 e. The van der Waals surface area contributed by atoms with Crippen LogP contribution in [0, 0.1) is 5.92 Å². The molecule has 2 rings (SSSR count). The van der Waals surface area contributed by atoms with Crippen molar-refractivity contribution < 1.29 is 9.53 Å². The number of nitrogens with zero attached hydrogens (tertiary/aromatic N) is 2. The molecule has 0 aromatic rings. The number of piperidine rings is 1. The van der Waals surface area contributed by atoms with Crippen LogP contribution in [0.1, 0.15) is 33.6 Å². The SMILES string of the molecule is CC(=O)OC(C)(C)CN1CCC(C2C=CN(C)N2)CC1. The van der Waals surface area contributed by atoms with Gasteiger partial charge in [-0.05, 0) is 51.8 Å². The second-order valence-electron chi connectivity index (χ2n) is 6.57. The Balaban J connectivity index is 1.77. The lowest BCUT2D eigenvalue weighted by Crippen LogP contribution is -2.48. The van der Waals surface area contributed by atoms with E-state index in [-0.39, 0.29) is 5.97 Å². The first-order valence-corrected chi connectivity index (χ1v) is 7.45. The molecule has 5 heteroatoms. The predicted octanol–water partition coefficient (Wildman–Crippen LogP) is 1.37. The monoisotopic (exact) mass is 281 g/mol. The third-order valence-electron chi connectivity index (χ3n) is 4.03. The summed E-state index contributed by atoms with van der Waals surface area (Å²) in [6.07, 6.45) is 6.72. The van der Waals surface area contributed by atoms with Crippen LogP contribution < -0.4 is 5.43 Å². The molecular weight excluding hydrogens is 254 g/mol. The summed E-state index contributed by atoms with van der Waals surface area (Å²) >= 11 is 0. The van der Waals surface area contributed by atoms with Crippen LogP contribution in [0.2, 0.25) is 0 Å². The summed E-state index contributed by atoms with van der Waals surface area (Å²) in [7, 11) is 2.03. The Bertz CT molecular complexity index is 373. The summed E-state index contributed by atoms with van der Waals surface area (Å²) in [5, 5.41) is 2.03. The van der Waals surface area contributed by atoms with Crippen LogP contribution in [0.25, 0.3) is 0 Å². The minimum atomic E-state index is -0.398. The van der Waals surface area contributed by atoms with E-state index < -0.39 is 5.60 Å². The van der Waals surface area contributed by atoms with Gasteiger partial charge in [0.25, 0.3) is 0 Å². The Kier molecular flexibility index (Phi) is 4.70. The standard InChI is InChI=1S/C15H27N3O2/c1-12(19)20-15(2,3)11-18-9-5-13(6-10-18)14-7-8-17(4)16-14/h7-8,13-14,16H,5-6,9-11H2,1-4H3. The largest absolute Gasteiger partial charge is 0.458 e. The summed E-state index contributed by atoms with van der Waals surface area (Å²) in [6, 6.07) is 0.476. The number of carbonyl (C=O) groups excluding carboxylic acids is 1. The highest BCUT2D eigenvalue weighted by Gasteiger charge is 2.31. The van der Waals surface area contributed by atoms with Crippen molar-refractivity contribution >= 4 is 5.97 Å². The summed E-state index contributed by atoms with van der Waals surface area (Å²) in [5.41, 5.74) is 3.05. The van der Waals surface area contributed by atoms with Crippen molar-refractivity contribution in [3.63, 3.8) is 0 Å². The molecule has 1 atom stereocenters. The molecule has 114 valence electrons. The summed E-state index contributed by atoms with van der Waals surface area (Å²) in [4.78, 5) is 13.5. The Hall–Kier alpha value is -1.07. The van der Waals surface area contributed by atoms with E-state index in [9.17, 15) is 4.79 Å². The van der Waals surface area contributed by atoms with Gasteiger partial charge >= 0.3 is 5.97 Å². The summed E-state index contributed by atoms with van der Waals surface area (Å²) < 4.78 is 5.37. The van der Waals surface area contributed by atoms with Crippen LogP contribution in [0.5, 0.6) is 0 Å². The van der Waals surface area contributed by atoms with Gasteiger partial charge in [-0.2, -0.15) is 0 Å². The average Bonchev–Trinajstić information content (AvgIpc) is 2.74. The quantitative estimate of drug-likeness (QED) is 0.789. The van der Waals surface area contributed by atoms with Gasteiger partial charge in [0.05, 0.1) is 0 Å². The Morgan fingerprint density at radius 3 is 2.55 bits per heavy atom. The normalized spacial score (nSPS) is 25.2. The fourth-order valence-corrected chi connectivity index (χ4v) is 3.24. The van der Waals surface area contributed by atoms with E-state index in [4.69, 9.17) is 4.74 Å². The molecule has 0 aromatic carbocycles. The highest BCUT2D eigenvalue weighted by Crippen LogP contribution is 2.25. The number of ether oxygens (including phenoxy) is 1. The molecule has 1 unspecified atom stereocenters. The van der Waals surface area contributed by atoms with Crippen molar-refractivity contribution in [2.45, 2.75) is 45.3 Å². The van der Waals surface area contributed by atoms with Gasteiger partial charge < -0.3 is 9.75 Å². The summed E-state index contributed by atoms with van der Waals surface area (Å²) in [5.74, 6) is 0.498. The van der Waals surface area contributed by atoms with Gasteiger partial charge in [0, 0.05) is 32.8 Å². The van der Waals surface area contributed by atoms with Crippen LogP contribution in [0.4, 0.5) is 0 Å². The van der Waals surface area contributed by atoms with E-state index in [2.05, 4.69) is 22.6 Å².